The molecule has 1 aromatic carbocycles. The molecule has 3 heteroatoms. The van der Waals surface area contributed by atoms with Gasteiger partial charge in [-0.2, -0.15) is 0 Å². The Morgan fingerprint density at radius 2 is 1.80 bits per heavy atom. The third kappa shape index (κ3) is 3.83. The molecule has 1 aliphatic carbocycles. The van der Waals surface area contributed by atoms with Crippen molar-refractivity contribution in [1.29, 1.82) is 0 Å². The van der Waals surface area contributed by atoms with Gasteiger partial charge in [0, 0.05) is 17.5 Å². The molecule has 0 bridgehead atoms. The largest absolute Gasteiger partial charge is 0.303 e. The number of hydrogen-bond donors (Lipinski definition) is 0. The van der Waals surface area contributed by atoms with E-state index in [1.54, 1.807) is 0 Å². The van der Waals surface area contributed by atoms with Gasteiger partial charge in [0.25, 0.3) is 0 Å². The summed E-state index contributed by atoms with van der Waals surface area (Å²) in [7, 11) is 4.30. The number of nitrogens with zero attached hydrogens (tertiary/aromatic N) is 1. The van der Waals surface area contributed by atoms with Gasteiger partial charge in [-0.1, -0.05) is 23.7 Å². The molecule has 1 aromatic rings. The molecule has 0 N–H and O–H groups in total. The van der Waals surface area contributed by atoms with E-state index < -0.39 is 0 Å². The summed E-state index contributed by atoms with van der Waals surface area (Å²) in [5.41, 5.74) is 1.35. The highest BCUT2D eigenvalue weighted by Gasteiger charge is 2.29. The van der Waals surface area contributed by atoms with E-state index in [0.717, 1.165) is 17.7 Å². The second-order valence-electron chi connectivity index (χ2n) is 6.14. The van der Waals surface area contributed by atoms with Crippen LogP contribution in [0.1, 0.15) is 43.7 Å². The molecule has 0 radical (unpaired) electrons. The van der Waals surface area contributed by atoms with E-state index in [4.69, 9.17) is 11.6 Å². The second kappa shape index (κ2) is 7.24. The lowest BCUT2D eigenvalue weighted by molar-refractivity contribution is -0.108. The number of benzene rings is 1. The summed E-state index contributed by atoms with van der Waals surface area (Å²) in [6.45, 7) is 0. The molecule has 20 heavy (non-hydrogen) atoms. The van der Waals surface area contributed by atoms with Crippen LogP contribution in [0.25, 0.3) is 0 Å². The molecule has 0 saturated heterocycles. The first-order valence-corrected chi connectivity index (χ1v) is 7.85. The fourth-order valence-electron chi connectivity index (χ4n) is 3.53. The SMILES string of the molecule is CN(C)C(c1ccc(Cl)cc1)C1CCC(CC=O)CC1. The van der Waals surface area contributed by atoms with Gasteiger partial charge in [0.2, 0.25) is 0 Å². The molecule has 0 aliphatic heterocycles. The Hall–Kier alpha value is -0.860. The number of aldehydes is 1. The van der Waals surface area contributed by atoms with Crippen LogP contribution in [0.4, 0.5) is 0 Å². The number of carbonyl (C=O) groups excluding carboxylic acids is 1. The maximum absolute atomic E-state index is 10.6. The second-order valence-corrected chi connectivity index (χ2v) is 6.58. The average molecular weight is 294 g/mol. The van der Waals surface area contributed by atoms with Crippen molar-refractivity contribution in [2.75, 3.05) is 14.1 Å². The van der Waals surface area contributed by atoms with Gasteiger partial charge in [0.05, 0.1) is 0 Å². The van der Waals surface area contributed by atoms with Crippen molar-refractivity contribution < 1.29 is 4.79 Å². The Balaban J connectivity index is 2.06. The Morgan fingerprint density at radius 1 is 1.20 bits per heavy atom. The average Bonchev–Trinajstić information content (AvgIpc) is 2.43. The van der Waals surface area contributed by atoms with Crippen molar-refractivity contribution in [2.24, 2.45) is 11.8 Å². The molecule has 2 nitrogen and oxygen atoms in total. The van der Waals surface area contributed by atoms with E-state index in [-0.39, 0.29) is 0 Å². The fraction of sp³-hybridized carbons (Fsp3) is 0.588. The smallest absolute Gasteiger partial charge is 0.120 e. The summed E-state index contributed by atoms with van der Waals surface area (Å²) < 4.78 is 0. The van der Waals surface area contributed by atoms with Crippen LogP contribution < -0.4 is 0 Å². The van der Waals surface area contributed by atoms with Crippen LogP contribution in [0.5, 0.6) is 0 Å². The quantitative estimate of drug-likeness (QED) is 0.753. The summed E-state index contributed by atoms with van der Waals surface area (Å²) in [5.74, 6) is 1.28. The number of hydrogen-bond acceptors (Lipinski definition) is 2. The molecule has 1 aliphatic rings. The van der Waals surface area contributed by atoms with E-state index in [9.17, 15) is 4.79 Å². The molecule has 1 saturated carbocycles. The molecule has 0 spiro atoms. The molecule has 0 amide bonds. The molecule has 1 unspecified atom stereocenters. The lowest BCUT2D eigenvalue weighted by Gasteiger charge is -2.37. The van der Waals surface area contributed by atoms with Gasteiger partial charge in [0.15, 0.2) is 0 Å². The van der Waals surface area contributed by atoms with Gasteiger partial charge in [-0.15, -0.1) is 0 Å². The van der Waals surface area contributed by atoms with E-state index in [0.29, 0.717) is 17.9 Å². The van der Waals surface area contributed by atoms with E-state index in [1.165, 1.54) is 31.2 Å². The third-order valence-electron chi connectivity index (χ3n) is 4.54. The zero-order valence-electron chi connectivity index (χ0n) is 12.4. The van der Waals surface area contributed by atoms with E-state index in [1.807, 2.05) is 12.1 Å². The van der Waals surface area contributed by atoms with Crippen LogP contribution in [0.15, 0.2) is 24.3 Å². The minimum absolute atomic E-state index is 0.449. The molecule has 0 heterocycles. The summed E-state index contributed by atoms with van der Waals surface area (Å²) in [4.78, 5) is 12.9. The third-order valence-corrected chi connectivity index (χ3v) is 4.79. The summed E-state index contributed by atoms with van der Waals surface area (Å²) in [6.07, 6.45) is 6.60. The van der Waals surface area contributed by atoms with Crippen molar-refractivity contribution in [3.8, 4) is 0 Å². The Labute approximate surface area is 127 Å². The van der Waals surface area contributed by atoms with Crippen molar-refractivity contribution in [3.05, 3.63) is 34.9 Å². The van der Waals surface area contributed by atoms with Gasteiger partial charge in [-0.25, -0.2) is 0 Å². The molecular formula is C17H24ClNO. The van der Waals surface area contributed by atoms with Gasteiger partial charge in [0.1, 0.15) is 6.29 Å². The first-order valence-electron chi connectivity index (χ1n) is 7.47. The predicted molar refractivity (Wildman–Crippen MR) is 84.0 cm³/mol. The maximum atomic E-state index is 10.6. The Bertz CT molecular complexity index is 421. The fourth-order valence-corrected chi connectivity index (χ4v) is 3.65. The van der Waals surface area contributed by atoms with Crippen LogP contribution in [-0.2, 0) is 4.79 Å². The molecule has 0 aromatic heterocycles. The van der Waals surface area contributed by atoms with Gasteiger partial charge in [-0.05, 0) is 69.3 Å². The van der Waals surface area contributed by atoms with Crippen LogP contribution >= 0.6 is 11.6 Å². The highest BCUT2D eigenvalue weighted by Crippen LogP contribution is 2.40. The Morgan fingerprint density at radius 3 is 2.30 bits per heavy atom. The zero-order valence-corrected chi connectivity index (χ0v) is 13.1. The zero-order chi connectivity index (χ0) is 14.5. The van der Waals surface area contributed by atoms with Crippen molar-refractivity contribution in [3.63, 3.8) is 0 Å². The van der Waals surface area contributed by atoms with Crippen molar-refractivity contribution in [2.45, 2.75) is 38.1 Å². The van der Waals surface area contributed by atoms with Crippen LogP contribution in [-0.4, -0.2) is 25.3 Å². The Kier molecular flexibility index (Phi) is 5.62. The highest BCUT2D eigenvalue weighted by molar-refractivity contribution is 6.30. The number of rotatable bonds is 5. The van der Waals surface area contributed by atoms with Gasteiger partial charge < -0.3 is 9.69 Å². The monoisotopic (exact) mass is 293 g/mol. The number of carbonyl (C=O) groups is 1. The lowest BCUT2D eigenvalue weighted by atomic mass is 9.75. The summed E-state index contributed by atoms with van der Waals surface area (Å²) in [6, 6.07) is 8.69. The number of halogens is 1. The molecule has 1 atom stereocenters. The molecule has 2 rings (SSSR count). The van der Waals surface area contributed by atoms with Gasteiger partial charge >= 0.3 is 0 Å². The first-order chi connectivity index (χ1) is 9.61. The van der Waals surface area contributed by atoms with Crippen LogP contribution in [0, 0.1) is 11.8 Å². The van der Waals surface area contributed by atoms with Crippen molar-refractivity contribution >= 4 is 17.9 Å². The molecule has 110 valence electrons. The highest BCUT2D eigenvalue weighted by atomic mass is 35.5. The minimum Gasteiger partial charge on any atom is -0.303 e. The standard InChI is InChI=1S/C17H24ClNO/c1-19(2)17(15-7-9-16(18)10-8-15)14-5-3-13(4-6-14)11-12-20/h7-10,12-14,17H,3-6,11H2,1-2H3. The van der Waals surface area contributed by atoms with Crippen molar-refractivity contribution in [1.82, 2.24) is 4.90 Å². The van der Waals surface area contributed by atoms with Crippen LogP contribution in [0.2, 0.25) is 5.02 Å². The van der Waals surface area contributed by atoms with E-state index >= 15 is 0 Å². The summed E-state index contributed by atoms with van der Waals surface area (Å²) in [5, 5.41) is 0.793. The first kappa shape index (κ1) is 15.5. The lowest BCUT2D eigenvalue weighted by Crippen LogP contribution is -2.30. The van der Waals surface area contributed by atoms with E-state index in [2.05, 4.69) is 31.1 Å². The topological polar surface area (TPSA) is 20.3 Å². The molecular weight excluding hydrogens is 270 g/mol. The van der Waals surface area contributed by atoms with Gasteiger partial charge in [-0.3, -0.25) is 0 Å². The maximum Gasteiger partial charge on any atom is 0.120 e. The molecule has 1 fully saturated rings. The predicted octanol–water partition coefficient (Wildman–Crippen LogP) is 4.34. The normalized spacial score (nSPS) is 24.6. The summed E-state index contributed by atoms with van der Waals surface area (Å²) >= 11 is 5.99. The minimum atomic E-state index is 0.449. The van der Waals surface area contributed by atoms with Crippen LogP contribution in [0.3, 0.4) is 0 Å².